The predicted octanol–water partition coefficient (Wildman–Crippen LogP) is 5.71. The summed E-state index contributed by atoms with van der Waals surface area (Å²) in [7, 11) is -2.20. The van der Waals surface area contributed by atoms with Crippen LogP contribution in [-0.4, -0.2) is 57.6 Å². The number of sulfonamides is 1. The first-order valence-corrected chi connectivity index (χ1v) is 16.3. The Balaban J connectivity index is 1.91. The maximum absolute atomic E-state index is 13.9. The van der Waals surface area contributed by atoms with E-state index in [1.165, 1.54) is 16.3 Å². The molecule has 1 atom stereocenters. The Morgan fingerprint density at radius 2 is 1.69 bits per heavy atom. The molecular weight excluding hydrogens is 597 g/mol. The van der Waals surface area contributed by atoms with Gasteiger partial charge in [-0.15, -0.1) is 0 Å². The molecule has 0 aliphatic rings. The molecular formula is C31H37Cl2N3O5S. The molecule has 0 saturated carbocycles. The molecule has 0 aliphatic heterocycles. The Bertz CT molecular complexity index is 1450. The number of carbonyl (C=O) groups excluding carboxylic acids is 2. The van der Waals surface area contributed by atoms with Crippen molar-refractivity contribution < 1.29 is 22.7 Å². The van der Waals surface area contributed by atoms with Gasteiger partial charge >= 0.3 is 0 Å². The molecule has 226 valence electrons. The second-order valence-electron chi connectivity index (χ2n) is 9.86. The normalized spacial score (nSPS) is 11.9. The molecule has 0 bridgehead atoms. The van der Waals surface area contributed by atoms with E-state index in [0.717, 1.165) is 18.2 Å². The molecule has 42 heavy (non-hydrogen) atoms. The molecule has 3 rings (SSSR count). The van der Waals surface area contributed by atoms with Gasteiger partial charge in [-0.25, -0.2) is 8.42 Å². The summed E-state index contributed by atoms with van der Waals surface area (Å²) in [6, 6.07) is 20.5. The van der Waals surface area contributed by atoms with Gasteiger partial charge in [-0.1, -0.05) is 78.7 Å². The van der Waals surface area contributed by atoms with Crippen LogP contribution in [0, 0.1) is 0 Å². The number of methoxy groups -OCH3 is 1. The third kappa shape index (κ3) is 9.37. The van der Waals surface area contributed by atoms with Crippen LogP contribution in [0.5, 0.6) is 5.75 Å². The van der Waals surface area contributed by atoms with Crippen molar-refractivity contribution in [1.82, 2.24) is 10.2 Å². The molecule has 0 unspecified atom stereocenters. The van der Waals surface area contributed by atoms with E-state index >= 15 is 0 Å². The zero-order valence-corrected chi connectivity index (χ0v) is 26.4. The first-order valence-electron chi connectivity index (χ1n) is 13.7. The van der Waals surface area contributed by atoms with E-state index in [4.69, 9.17) is 27.9 Å². The quantitative estimate of drug-likeness (QED) is 0.231. The highest BCUT2D eigenvalue weighted by molar-refractivity contribution is 7.92. The van der Waals surface area contributed by atoms with Gasteiger partial charge < -0.3 is 15.0 Å². The van der Waals surface area contributed by atoms with Crippen molar-refractivity contribution in [2.45, 2.75) is 45.2 Å². The number of nitrogens with one attached hydrogen (secondary N) is 1. The molecule has 8 nitrogen and oxygen atoms in total. The van der Waals surface area contributed by atoms with Gasteiger partial charge in [0.05, 0.1) is 19.1 Å². The summed E-state index contributed by atoms with van der Waals surface area (Å²) in [5, 5.41) is 3.78. The van der Waals surface area contributed by atoms with Crippen molar-refractivity contribution in [3.05, 3.63) is 94.0 Å². The molecule has 0 aromatic heterocycles. The number of ether oxygens (including phenoxy) is 1. The minimum atomic E-state index is -3.67. The summed E-state index contributed by atoms with van der Waals surface area (Å²) < 4.78 is 32.0. The summed E-state index contributed by atoms with van der Waals surface area (Å²) in [6.07, 6.45) is 2.36. The highest BCUT2D eigenvalue weighted by Gasteiger charge is 2.31. The number of carbonyl (C=O) groups is 2. The summed E-state index contributed by atoms with van der Waals surface area (Å²) in [5.74, 6) is -0.170. The minimum absolute atomic E-state index is 0.00126. The Labute approximate surface area is 258 Å². The van der Waals surface area contributed by atoms with E-state index in [9.17, 15) is 18.0 Å². The fraction of sp³-hybridized carbons (Fsp3) is 0.355. The fourth-order valence-corrected chi connectivity index (χ4v) is 6.01. The van der Waals surface area contributed by atoms with Crippen LogP contribution in [0.3, 0.4) is 0 Å². The lowest BCUT2D eigenvalue weighted by Gasteiger charge is -2.32. The highest BCUT2D eigenvalue weighted by Crippen LogP contribution is 2.30. The van der Waals surface area contributed by atoms with Gasteiger partial charge in [0.25, 0.3) is 0 Å². The lowest BCUT2D eigenvalue weighted by molar-refractivity contribution is -0.141. The first-order chi connectivity index (χ1) is 20.0. The van der Waals surface area contributed by atoms with Crippen LogP contribution in [0.25, 0.3) is 0 Å². The van der Waals surface area contributed by atoms with Crippen molar-refractivity contribution in [2.24, 2.45) is 0 Å². The largest absolute Gasteiger partial charge is 0.495 e. The van der Waals surface area contributed by atoms with E-state index in [-0.39, 0.29) is 37.7 Å². The van der Waals surface area contributed by atoms with Gasteiger partial charge in [0.1, 0.15) is 11.8 Å². The molecule has 0 radical (unpaired) electrons. The third-order valence-electron chi connectivity index (χ3n) is 6.68. The Morgan fingerprint density at radius 3 is 2.33 bits per heavy atom. The topological polar surface area (TPSA) is 96.0 Å². The standard InChI is InChI=1S/C31H37Cl2N3O5S/c1-4-18-34-31(38)28(20-23-11-6-5-7-12-23)35(22-24-16-17-25(32)21-26(24)33)30(37)15-10-19-36(42(3,39)40)27-13-8-9-14-29(27)41-2/h5-9,11-14,16-17,21,28H,4,10,15,18-20,22H2,1-3H3,(H,34,38)/t28-/m1/s1. The number of para-hydroxylation sites is 2. The summed E-state index contributed by atoms with van der Waals surface area (Å²) in [5.41, 5.74) is 1.93. The number of benzene rings is 3. The van der Waals surface area contributed by atoms with E-state index in [1.54, 1.807) is 42.5 Å². The van der Waals surface area contributed by atoms with E-state index in [0.29, 0.717) is 40.0 Å². The SMILES string of the molecule is CCCNC(=O)[C@@H](Cc1ccccc1)N(Cc1ccc(Cl)cc1Cl)C(=O)CCCN(c1ccccc1OC)S(C)(=O)=O. The molecule has 0 aliphatic carbocycles. The van der Waals surface area contributed by atoms with Crippen LogP contribution in [-0.2, 0) is 32.6 Å². The summed E-state index contributed by atoms with van der Waals surface area (Å²) >= 11 is 12.6. The molecule has 0 saturated heterocycles. The van der Waals surface area contributed by atoms with E-state index in [2.05, 4.69) is 5.32 Å². The molecule has 1 N–H and O–H groups in total. The molecule has 11 heteroatoms. The molecule has 3 aromatic rings. The van der Waals surface area contributed by atoms with Crippen molar-refractivity contribution >= 4 is 50.7 Å². The van der Waals surface area contributed by atoms with Crippen LogP contribution < -0.4 is 14.4 Å². The molecule has 0 heterocycles. The molecule has 2 amide bonds. The second kappa shape index (κ2) is 15.8. The molecule has 3 aromatic carbocycles. The number of amides is 2. The summed E-state index contributed by atoms with van der Waals surface area (Å²) in [6.45, 7) is 2.55. The lowest BCUT2D eigenvalue weighted by atomic mass is 10.0. The number of rotatable bonds is 15. The second-order valence-corrected chi connectivity index (χ2v) is 12.6. The maximum Gasteiger partial charge on any atom is 0.243 e. The van der Waals surface area contributed by atoms with Gasteiger partial charge in [-0.05, 0) is 48.2 Å². The number of hydrogen-bond donors (Lipinski definition) is 1. The number of halogens is 2. The first kappa shape index (κ1) is 33.2. The zero-order valence-electron chi connectivity index (χ0n) is 24.1. The van der Waals surface area contributed by atoms with Crippen molar-refractivity contribution in [1.29, 1.82) is 0 Å². The van der Waals surface area contributed by atoms with E-state index in [1.807, 2.05) is 37.3 Å². The number of hydrogen-bond acceptors (Lipinski definition) is 5. The van der Waals surface area contributed by atoms with Gasteiger partial charge in [0.2, 0.25) is 21.8 Å². The average molecular weight is 635 g/mol. The summed E-state index contributed by atoms with van der Waals surface area (Å²) in [4.78, 5) is 28.9. The molecule has 0 fully saturated rings. The Kier molecular flexibility index (Phi) is 12.5. The number of anilines is 1. The zero-order chi connectivity index (χ0) is 30.7. The van der Waals surface area contributed by atoms with Crippen molar-refractivity contribution in [3.8, 4) is 5.75 Å². The third-order valence-corrected chi connectivity index (χ3v) is 8.45. The Hall–Kier alpha value is -3.27. The van der Waals surface area contributed by atoms with Gasteiger partial charge in [0, 0.05) is 42.5 Å². The lowest BCUT2D eigenvalue weighted by Crippen LogP contribution is -2.50. The van der Waals surface area contributed by atoms with Gasteiger partial charge in [0.15, 0.2) is 0 Å². The number of nitrogens with zero attached hydrogens (tertiary/aromatic N) is 2. The molecule has 0 spiro atoms. The van der Waals surface area contributed by atoms with Crippen LogP contribution in [0.2, 0.25) is 10.0 Å². The average Bonchev–Trinajstić information content (AvgIpc) is 2.96. The van der Waals surface area contributed by atoms with Gasteiger partial charge in [-0.3, -0.25) is 13.9 Å². The van der Waals surface area contributed by atoms with Crippen molar-refractivity contribution in [2.75, 3.05) is 30.8 Å². The Morgan fingerprint density at radius 1 is 1.00 bits per heavy atom. The smallest absolute Gasteiger partial charge is 0.243 e. The monoisotopic (exact) mass is 633 g/mol. The fourth-order valence-electron chi connectivity index (χ4n) is 4.57. The van der Waals surface area contributed by atoms with Crippen LogP contribution in [0.15, 0.2) is 72.8 Å². The van der Waals surface area contributed by atoms with Gasteiger partial charge in [-0.2, -0.15) is 0 Å². The van der Waals surface area contributed by atoms with Crippen LogP contribution >= 0.6 is 23.2 Å². The maximum atomic E-state index is 13.9. The minimum Gasteiger partial charge on any atom is -0.495 e. The van der Waals surface area contributed by atoms with Crippen LogP contribution in [0.1, 0.15) is 37.3 Å². The van der Waals surface area contributed by atoms with Crippen molar-refractivity contribution in [3.63, 3.8) is 0 Å². The predicted molar refractivity (Wildman–Crippen MR) is 169 cm³/mol. The van der Waals surface area contributed by atoms with Crippen LogP contribution in [0.4, 0.5) is 5.69 Å². The highest BCUT2D eigenvalue weighted by atomic mass is 35.5. The van der Waals surface area contributed by atoms with E-state index < -0.39 is 16.1 Å².